The minimum absolute atomic E-state index is 0.0750. The van der Waals surface area contributed by atoms with Crippen molar-refractivity contribution in [2.75, 3.05) is 0 Å². The standard InChI is InChI=1S/C16H24O2/c17-15-11-7-1-2-8(5-7)12(11)16(18)14-10-4-3-9(6-10)13(14)15/h7-18H,1-6H2/t7-,8+,9-,10+,11-,12-,13-,14+,15?,16?/m1/s1. The Kier molecular flexibility index (Phi) is 1.97. The smallest absolute Gasteiger partial charge is 0.0609 e. The molecule has 0 saturated heterocycles. The Morgan fingerprint density at radius 1 is 0.500 bits per heavy atom. The van der Waals surface area contributed by atoms with E-state index in [1.165, 1.54) is 38.5 Å². The lowest BCUT2D eigenvalue weighted by Gasteiger charge is -2.51. The molecule has 2 unspecified atom stereocenters. The van der Waals surface area contributed by atoms with Gasteiger partial charge in [0.2, 0.25) is 0 Å². The summed E-state index contributed by atoms with van der Waals surface area (Å²) in [5.41, 5.74) is 0. The van der Waals surface area contributed by atoms with Crippen LogP contribution in [0.1, 0.15) is 38.5 Å². The van der Waals surface area contributed by atoms with Gasteiger partial charge in [-0.2, -0.15) is 0 Å². The molecular formula is C16H24O2. The van der Waals surface area contributed by atoms with Crippen LogP contribution in [-0.4, -0.2) is 22.4 Å². The molecule has 5 fully saturated rings. The van der Waals surface area contributed by atoms with Crippen molar-refractivity contribution in [2.45, 2.75) is 50.7 Å². The first kappa shape index (κ1) is 10.7. The number of hydrogen-bond donors (Lipinski definition) is 2. The van der Waals surface area contributed by atoms with Gasteiger partial charge in [-0.25, -0.2) is 0 Å². The predicted octanol–water partition coefficient (Wildman–Crippen LogP) is 2.05. The van der Waals surface area contributed by atoms with Crippen LogP contribution in [0.3, 0.4) is 0 Å². The predicted molar refractivity (Wildman–Crippen MR) is 67.6 cm³/mol. The van der Waals surface area contributed by atoms with Crippen LogP contribution in [-0.2, 0) is 0 Å². The summed E-state index contributed by atoms with van der Waals surface area (Å²) in [5.74, 6) is 4.79. The lowest BCUT2D eigenvalue weighted by molar-refractivity contribution is -0.149. The number of aliphatic hydroxyl groups is 2. The van der Waals surface area contributed by atoms with Crippen LogP contribution in [0.2, 0.25) is 0 Å². The molecule has 5 aliphatic carbocycles. The number of aliphatic hydroxyl groups excluding tert-OH is 2. The van der Waals surface area contributed by atoms with Crippen LogP contribution < -0.4 is 0 Å². The Morgan fingerprint density at radius 3 is 1.06 bits per heavy atom. The van der Waals surface area contributed by atoms with Gasteiger partial charge in [0, 0.05) is 0 Å². The van der Waals surface area contributed by atoms with E-state index >= 15 is 0 Å². The van der Waals surface area contributed by atoms with Gasteiger partial charge in [0.1, 0.15) is 0 Å². The minimum Gasteiger partial charge on any atom is -0.393 e. The maximum Gasteiger partial charge on any atom is 0.0609 e. The largest absolute Gasteiger partial charge is 0.393 e. The molecule has 0 amide bonds. The molecule has 2 nitrogen and oxygen atoms in total. The first-order valence-corrected chi connectivity index (χ1v) is 8.12. The molecule has 10 atom stereocenters. The summed E-state index contributed by atoms with van der Waals surface area (Å²) in [4.78, 5) is 0. The van der Waals surface area contributed by atoms with Crippen molar-refractivity contribution in [1.29, 1.82) is 0 Å². The number of rotatable bonds is 0. The van der Waals surface area contributed by atoms with Crippen molar-refractivity contribution < 1.29 is 10.2 Å². The van der Waals surface area contributed by atoms with E-state index in [0.29, 0.717) is 23.7 Å². The quantitative estimate of drug-likeness (QED) is 0.689. The van der Waals surface area contributed by atoms with Gasteiger partial charge in [-0.15, -0.1) is 0 Å². The van der Waals surface area contributed by atoms with Gasteiger partial charge in [-0.1, -0.05) is 0 Å². The summed E-state index contributed by atoms with van der Waals surface area (Å²) < 4.78 is 0. The summed E-state index contributed by atoms with van der Waals surface area (Å²) >= 11 is 0. The van der Waals surface area contributed by atoms with Crippen molar-refractivity contribution in [3.63, 3.8) is 0 Å². The average molecular weight is 248 g/mol. The molecule has 0 aliphatic heterocycles. The Hall–Kier alpha value is -0.0800. The van der Waals surface area contributed by atoms with Crippen LogP contribution in [0.25, 0.3) is 0 Å². The van der Waals surface area contributed by atoms with Gasteiger partial charge >= 0.3 is 0 Å². The Morgan fingerprint density at radius 2 is 0.778 bits per heavy atom. The molecule has 18 heavy (non-hydrogen) atoms. The van der Waals surface area contributed by atoms with Crippen molar-refractivity contribution in [1.82, 2.24) is 0 Å². The third kappa shape index (κ3) is 1.06. The van der Waals surface area contributed by atoms with Gasteiger partial charge in [0.05, 0.1) is 12.2 Å². The van der Waals surface area contributed by atoms with Gasteiger partial charge in [-0.05, 0) is 85.9 Å². The minimum atomic E-state index is -0.0750. The number of fused-ring (bicyclic) bond motifs is 10. The highest BCUT2D eigenvalue weighted by Gasteiger charge is 2.65. The zero-order valence-corrected chi connectivity index (χ0v) is 10.9. The van der Waals surface area contributed by atoms with Crippen LogP contribution in [0, 0.1) is 47.3 Å². The fraction of sp³-hybridized carbons (Fsp3) is 1.00. The van der Waals surface area contributed by atoms with Crippen molar-refractivity contribution in [3.05, 3.63) is 0 Å². The SMILES string of the molecule is OC1[C@@H]2[C@@H]3CC[C@@H](C3)[C@H]2C(O)[C@H]2[C@H]3CC[C@H](C3)[C@@H]12. The molecule has 4 bridgehead atoms. The maximum absolute atomic E-state index is 10.9. The zero-order valence-electron chi connectivity index (χ0n) is 10.9. The highest BCUT2D eigenvalue weighted by atomic mass is 16.3. The van der Waals surface area contributed by atoms with Gasteiger partial charge in [-0.3, -0.25) is 0 Å². The second-order valence-corrected chi connectivity index (χ2v) is 7.96. The topological polar surface area (TPSA) is 40.5 Å². The van der Waals surface area contributed by atoms with E-state index in [2.05, 4.69) is 0 Å². The first-order valence-electron chi connectivity index (χ1n) is 8.12. The van der Waals surface area contributed by atoms with E-state index in [1.807, 2.05) is 0 Å². The second kappa shape index (κ2) is 3.32. The molecule has 2 N–H and O–H groups in total. The average Bonchev–Trinajstić information content (AvgIpc) is 3.10. The highest BCUT2D eigenvalue weighted by Crippen LogP contribution is 2.66. The molecule has 5 saturated carbocycles. The number of hydrogen-bond acceptors (Lipinski definition) is 2. The molecule has 0 spiro atoms. The molecule has 0 radical (unpaired) electrons. The van der Waals surface area contributed by atoms with Crippen LogP contribution in [0.15, 0.2) is 0 Å². The summed E-state index contributed by atoms with van der Waals surface area (Å²) in [6.07, 6.45) is 7.74. The molecule has 0 heterocycles. The van der Waals surface area contributed by atoms with E-state index in [1.54, 1.807) is 0 Å². The molecule has 0 aromatic carbocycles. The Labute approximate surface area is 109 Å². The van der Waals surface area contributed by atoms with E-state index in [4.69, 9.17) is 0 Å². The summed E-state index contributed by atoms with van der Waals surface area (Å²) in [7, 11) is 0. The van der Waals surface area contributed by atoms with E-state index in [9.17, 15) is 10.2 Å². The molecule has 5 aliphatic rings. The van der Waals surface area contributed by atoms with Gasteiger partial charge < -0.3 is 10.2 Å². The molecule has 0 aromatic rings. The molecular weight excluding hydrogens is 224 g/mol. The molecule has 100 valence electrons. The van der Waals surface area contributed by atoms with E-state index in [-0.39, 0.29) is 12.2 Å². The highest BCUT2D eigenvalue weighted by molar-refractivity contribution is 5.14. The van der Waals surface area contributed by atoms with E-state index in [0.717, 1.165) is 23.7 Å². The molecule has 5 rings (SSSR count). The lowest BCUT2D eigenvalue weighted by Crippen LogP contribution is -2.55. The third-order valence-electron chi connectivity index (χ3n) is 7.67. The Balaban J connectivity index is 1.57. The summed E-state index contributed by atoms with van der Waals surface area (Å²) in [6, 6.07) is 0. The van der Waals surface area contributed by atoms with Gasteiger partial charge in [0.25, 0.3) is 0 Å². The third-order valence-corrected chi connectivity index (χ3v) is 7.67. The maximum atomic E-state index is 10.9. The van der Waals surface area contributed by atoms with Crippen LogP contribution >= 0.6 is 0 Å². The molecule has 2 heteroatoms. The van der Waals surface area contributed by atoms with Crippen molar-refractivity contribution in [3.8, 4) is 0 Å². The Bertz CT molecular complexity index is 313. The first-order chi connectivity index (χ1) is 8.75. The zero-order chi connectivity index (χ0) is 12.0. The van der Waals surface area contributed by atoms with Gasteiger partial charge in [0.15, 0.2) is 0 Å². The van der Waals surface area contributed by atoms with E-state index < -0.39 is 0 Å². The summed E-state index contributed by atoms with van der Waals surface area (Å²) in [5, 5.41) is 21.8. The van der Waals surface area contributed by atoms with Crippen molar-refractivity contribution >= 4 is 0 Å². The van der Waals surface area contributed by atoms with Crippen LogP contribution in [0.5, 0.6) is 0 Å². The molecule has 0 aromatic heterocycles. The van der Waals surface area contributed by atoms with Crippen molar-refractivity contribution in [2.24, 2.45) is 47.3 Å². The monoisotopic (exact) mass is 248 g/mol. The lowest BCUT2D eigenvalue weighted by atomic mass is 9.57. The van der Waals surface area contributed by atoms with Crippen LogP contribution in [0.4, 0.5) is 0 Å². The normalized spacial score (nSPS) is 68.3. The second-order valence-electron chi connectivity index (χ2n) is 7.96. The summed E-state index contributed by atoms with van der Waals surface area (Å²) in [6.45, 7) is 0. The fourth-order valence-electron chi connectivity index (χ4n) is 7.30. The fourth-order valence-corrected chi connectivity index (χ4v) is 7.30.